The number of benzene rings is 1. The number of H-pyrrole nitrogens is 1. The summed E-state index contributed by atoms with van der Waals surface area (Å²) < 4.78 is 5.83. The summed E-state index contributed by atoms with van der Waals surface area (Å²) in [5, 5.41) is 13.1. The molecule has 0 saturated carbocycles. The summed E-state index contributed by atoms with van der Waals surface area (Å²) >= 11 is 3.18. The molecule has 1 amide bonds. The number of halogens is 1. The summed E-state index contributed by atoms with van der Waals surface area (Å²) in [5.41, 5.74) is 2.21. The second kappa shape index (κ2) is 7.20. The minimum atomic E-state index is -0.412. The van der Waals surface area contributed by atoms with E-state index in [0.29, 0.717) is 23.4 Å². The lowest BCUT2D eigenvalue weighted by molar-refractivity contribution is -0.117. The molecule has 0 fully saturated rings. The Morgan fingerprint density at radius 1 is 1.33 bits per heavy atom. The molecule has 3 rings (SSSR count). The first kappa shape index (κ1) is 16.1. The van der Waals surface area contributed by atoms with Crippen molar-refractivity contribution in [2.24, 2.45) is 0 Å². The van der Waals surface area contributed by atoms with E-state index in [0.717, 1.165) is 16.5 Å². The molecule has 3 aromatic rings. The van der Waals surface area contributed by atoms with Gasteiger partial charge in [-0.2, -0.15) is 5.26 Å². The Bertz CT molecular complexity index is 946. The molecule has 24 heavy (non-hydrogen) atoms. The third-order valence-corrected chi connectivity index (χ3v) is 4.03. The number of rotatable bonds is 5. The zero-order chi connectivity index (χ0) is 16.9. The maximum atomic E-state index is 12.1. The van der Waals surface area contributed by atoms with Gasteiger partial charge in [0.2, 0.25) is 0 Å². The lowest BCUT2D eigenvalue weighted by atomic mass is 10.1. The predicted octanol–water partition coefficient (Wildman–Crippen LogP) is 3.79. The van der Waals surface area contributed by atoms with Gasteiger partial charge in [0.25, 0.3) is 5.91 Å². The number of aromatic amines is 1. The van der Waals surface area contributed by atoms with Gasteiger partial charge in [0, 0.05) is 29.7 Å². The van der Waals surface area contributed by atoms with Crippen LogP contribution in [0.25, 0.3) is 17.0 Å². The van der Waals surface area contributed by atoms with Crippen LogP contribution in [0.15, 0.2) is 57.3 Å². The fourth-order valence-electron chi connectivity index (χ4n) is 2.44. The first-order valence-electron chi connectivity index (χ1n) is 7.37. The number of fused-ring (bicyclic) bond motifs is 1. The summed E-state index contributed by atoms with van der Waals surface area (Å²) in [6.45, 7) is 0.446. The highest BCUT2D eigenvalue weighted by Gasteiger charge is 2.10. The molecule has 2 heterocycles. The lowest BCUT2D eigenvalue weighted by Crippen LogP contribution is -2.26. The van der Waals surface area contributed by atoms with Crippen molar-refractivity contribution >= 4 is 38.8 Å². The van der Waals surface area contributed by atoms with Gasteiger partial charge < -0.3 is 14.7 Å². The van der Waals surface area contributed by atoms with Crippen molar-refractivity contribution in [2.75, 3.05) is 6.54 Å². The number of nitriles is 1. The van der Waals surface area contributed by atoms with E-state index >= 15 is 0 Å². The van der Waals surface area contributed by atoms with Crippen LogP contribution in [0.2, 0.25) is 0 Å². The van der Waals surface area contributed by atoms with Crippen LogP contribution in [0.3, 0.4) is 0 Å². The van der Waals surface area contributed by atoms with E-state index in [1.807, 2.05) is 36.5 Å². The molecule has 2 aromatic heterocycles. The topological polar surface area (TPSA) is 81.8 Å². The molecule has 120 valence electrons. The van der Waals surface area contributed by atoms with E-state index in [4.69, 9.17) is 9.68 Å². The van der Waals surface area contributed by atoms with E-state index in [1.54, 1.807) is 12.1 Å². The minimum Gasteiger partial charge on any atom is -0.450 e. The average Bonchev–Trinajstić information content (AvgIpc) is 3.19. The van der Waals surface area contributed by atoms with E-state index < -0.39 is 5.91 Å². The van der Waals surface area contributed by atoms with Crippen molar-refractivity contribution in [1.82, 2.24) is 10.3 Å². The van der Waals surface area contributed by atoms with Crippen LogP contribution in [0.5, 0.6) is 0 Å². The van der Waals surface area contributed by atoms with Crippen LogP contribution in [-0.2, 0) is 11.2 Å². The minimum absolute atomic E-state index is 0.00998. The first-order valence-corrected chi connectivity index (χ1v) is 8.17. The molecule has 0 atom stereocenters. The molecule has 0 aliphatic carbocycles. The Balaban J connectivity index is 1.62. The second-order valence-corrected chi connectivity index (χ2v) is 5.96. The van der Waals surface area contributed by atoms with Crippen molar-refractivity contribution in [2.45, 2.75) is 6.42 Å². The number of nitrogens with zero attached hydrogens (tertiary/aromatic N) is 1. The molecule has 0 saturated heterocycles. The van der Waals surface area contributed by atoms with E-state index in [1.165, 1.54) is 6.08 Å². The number of carbonyl (C=O) groups is 1. The SMILES string of the molecule is N#C/C(=C/c1ccc(Br)o1)C(=O)NCCc1c[nH]c2ccccc12. The van der Waals surface area contributed by atoms with Gasteiger partial charge in [-0.05, 0) is 46.1 Å². The number of hydrogen-bond acceptors (Lipinski definition) is 3. The van der Waals surface area contributed by atoms with Crippen molar-refractivity contribution in [3.63, 3.8) is 0 Å². The summed E-state index contributed by atoms with van der Waals surface area (Å²) in [6, 6.07) is 13.3. The van der Waals surface area contributed by atoms with Gasteiger partial charge in [-0.3, -0.25) is 4.79 Å². The number of hydrogen-bond donors (Lipinski definition) is 2. The van der Waals surface area contributed by atoms with Crippen LogP contribution in [0, 0.1) is 11.3 Å². The molecule has 5 nitrogen and oxygen atoms in total. The fraction of sp³-hybridized carbons (Fsp3) is 0.111. The Morgan fingerprint density at radius 2 is 2.17 bits per heavy atom. The largest absolute Gasteiger partial charge is 0.450 e. The van der Waals surface area contributed by atoms with Crippen molar-refractivity contribution < 1.29 is 9.21 Å². The van der Waals surface area contributed by atoms with Crippen LogP contribution < -0.4 is 5.32 Å². The van der Waals surface area contributed by atoms with Crippen molar-refractivity contribution in [3.8, 4) is 6.07 Å². The fourth-order valence-corrected chi connectivity index (χ4v) is 2.76. The zero-order valence-corrected chi connectivity index (χ0v) is 14.3. The highest BCUT2D eigenvalue weighted by Crippen LogP contribution is 2.18. The maximum Gasteiger partial charge on any atom is 0.262 e. The molecule has 0 bridgehead atoms. The summed E-state index contributed by atoms with van der Waals surface area (Å²) in [7, 11) is 0. The molecule has 1 aromatic carbocycles. The normalized spacial score (nSPS) is 11.4. The molecule has 2 N–H and O–H groups in total. The molecular formula is C18H14BrN3O2. The van der Waals surface area contributed by atoms with Crippen LogP contribution in [-0.4, -0.2) is 17.4 Å². The average molecular weight is 384 g/mol. The molecule has 0 aliphatic rings. The highest BCUT2D eigenvalue weighted by molar-refractivity contribution is 9.10. The van der Waals surface area contributed by atoms with E-state index in [9.17, 15) is 4.79 Å². The summed E-state index contributed by atoms with van der Waals surface area (Å²) in [6.07, 6.45) is 4.05. The number of aromatic nitrogens is 1. The van der Waals surface area contributed by atoms with Crippen LogP contribution in [0.4, 0.5) is 0 Å². The van der Waals surface area contributed by atoms with Gasteiger partial charge >= 0.3 is 0 Å². The highest BCUT2D eigenvalue weighted by atomic mass is 79.9. The first-order chi connectivity index (χ1) is 11.7. The van der Waals surface area contributed by atoms with Crippen molar-refractivity contribution in [3.05, 3.63) is 64.2 Å². The Kier molecular flexibility index (Phi) is 4.82. The quantitative estimate of drug-likeness (QED) is 0.519. The van der Waals surface area contributed by atoms with E-state index in [-0.39, 0.29) is 5.57 Å². The predicted molar refractivity (Wildman–Crippen MR) is 95.0 cm³/mol. The van der Waals surface area contributed by atoms with Gasteiger partial charge in [0.15, 0.2) is 4.67 Å². The smallest absolute Gasteiger partial charge is 0.262 e. The maximum absolute atomic E-state index is 12.1. The van der Waals surface area contributed by atoms with E-state index in [2.05, 4.69) is 26.2 Å². The van der Waals surface area contributed by atoms with Gasteiger partial charge in [0.05, 0.1) is 0 Å². The number of para-hydroxylation sites is 1. The van der Waals surface area contributed by atoms with Crippen molar-refractivity contribution in [1.29, 1.82) is 5.26 Å². The molecular weight excluding hydrogens is 370 g/mol. The molecule has 0 spiro atoms. The number of furan rings is 1. The van der Waals surface area contributed by atoms with Gasteiger partial charge in [0.1, 0.15) is 17.4 Å². The molecule has 0 aliphatic heterocycles. The Hall–Kier alpha value is -2.78. The third-order valence-electron chi connectivity index (χ3n) is 3.60. The molecule has 6 heteroatoms. The van der Waals surface area contributed by atoms with Crippen LogP contribution >= 0.6 is 15.9 Å². The number of carbonyl (C=O) groups excluding carboxylic acids is 1. The molecule has 0 unspecified atom stereocenters. The van der Waals surface area contributed by atoms with Crippen LogP contribution in [0.1, 0.15) is 11.3 Å². The summed E-state index contributed by atoms with van der Waals surface area (Å²) in [4.78, 5) is 15.3. The standard InChI is InChI=1S/C18H14BrN3O2/c19-17-6-5-14(24-17)9-13(10-20)18(23)21-8-7-12-11-22-16-4-2-1-3-15(12)16/h1-6,9,11,22H,7-8H2,(H,21,23)/b13-9-. The second-order valence-electron chi connectivity index (χ2n) is 5.18. The van der Waals surface area contributed by atoms with Gasteiger partial charge in [-0.1, -0.05) is 18.2 Å². The number of amides is 1. The van der Waals surface area contributed by atoms with Gasteiger partial charge in [-0.15, -0.1) is 0 Å². The monoisotopic (exact) mass is 383 g/mol. The Morgan fingerprint density at radius 3 is 2.92 bits per heavy atom. The zero-order valence-electron chi connectivity index (χ0n) is 12.7. The molecule has 0 radical (unpaired) electrons. The Labute approximate surface area is 147 Å². The lowest BCUT2D eigenvalue weighted by Gasteiger charge is -2.03. The van der Waals surface area contributed by atoms with Gasteiger partial charge in [-0.25, -0.2) is 0 Å². The third kappa shape index (κ3) is 3.58. The number of nitrogens with one attached hydrogen (secondary N) is 2. The summed E-state index contributed by atoms with van der Waals surface area (Å²) in [5.74, 6) is 0.0371.